The molecule has 1 aromatic carbocycles. The summed E-state index contributed by atoms with van der Waals surface area (Å²) < 4.78 is 16.7. The Morgan fingerprint density at radius 1 is 1.19 bits per heavy atom. The number of nitrogens with one attached hydrogen (secondary N) is 1. The Bertz CT molecular complexity index is 1030. The number of carbonyl (C=O) groups excluding carboxylic acids is 3. The zero-order valence-electron chi connectivity index (χ0n) is 18.1. The third-order valence-electron chi connectivity index (χ3n) is 5.46. The van der Waals surface area contributed by atoms with E-state index in [-0.39, 0.29) is 19.8 Å². The van der Waals surface area contributed by atoms with Crippen molar-refractivity contribution in [3.05, 3.63) is 35.5 Å². The largest absolute Gasteiger partial charge is 0.450 e. The summed E-state index contributed by atoms with van der Waals surface area (Å²) in [7, 11) is 0. The van der Waals surface area contributed by atoms with E-state index in [0.29, 0.717) is 12.2 Å². The van der Waals surface area contributed by atoms with Gasteiger partial charge in [0.25, 0.3) is 0 Å². The molecule has 4 rings (SSSR count). The van der Waals surface area contributed by atoms with E-state index in [1.165, 1.54) is 4.68 Å². The summed E-state index contributed by atoms with van der Waals surface area (Å²) in [4.78, 5) is 37.9. The van der Waals surface area contributed by atoms with Crippen molar-refractivity contribution >= 4 is 24.0 Å². The molecule has 1 N–H and O–H groups in total. The van der Waals surface area contributed by atoms with Crippen LogP contribution < -0.4 is 10.2 Å². The zero-order valence-corrected chi connectivity index (χ0v) is 18.1. The maximum absolute atomic E-state index is 12.4. The van der Waals surface area contributed by atoms with Gasteiger partial charge in [0.15, 0.2) is 0 Å². The second-order valence-electron chi connectivity index (χ2n) is 7.54. The molecule has 0 spiro atoms. The second-order valence-corrected chi connectivity index (χ2v) is 7.54. The number of alkyl carbamates (subject to hydrolysis) is 1. The minimum atomic E-state index is -0.541. The molecule has 1 aromatic heterocycles. The molecule has 10 heteroatoms. The molecule has 1 saturated heterocycles. The van der Waals surface area contributed by atoms with Crippen LogP contribution in [0.5, 0.6) is 0 Å². The Morgan fingerprint density at radius 2 is 1.97 bits per heavy atom. The molecule has 1 aliphatic heterocycles. The van der Waals surface area contributed by atoms with E-state index in [2.05, 4.69) is 10.4 Å². The summed E-state index contributed by atoms with van der Waals surface area (Å²) in [6, 6.07) is 5.69. The highest BCUT2D eigenvalue weighted by molar-refractivity contribution is 5.91. The summed E-state index contributed by atoms with van der Waals surface area (Å²) in [6.07, 6.45) is 2.23. The van der Waals surface area contributed by atoms with Crippen LogP contribution in [-0.4, -0.2) is 60.5 Å². The zero-order chi connectivity index (χ0) is 22.7. The number of nitrogens with zero attached hydrogens (tertiary/aromatic N) is 3. The predicted octanol–water partition coefficient (Wildman–Crippen LogP) is 3.11. The Kier molecular flexibility index (Phi) is 6.29. The van der Waals surface area contributed by atoms with Crippen LogP contribution in [-0.2, 0) is 27.1 Å². The number of rotatable bonds is 5. The van der Waals surface area contributed by atoms with Crippen molar-refractivity contribution in [2.75, 3.05) is 31.2 Å². The number of hydrogen-bond donors (Lipinski definition) is 1. The Morgan fingerprint density at radius 3 is 2.75 bits per heavy atom. The average molecular weight is 442 g/mol. The molecule has 0 saturated carbocycles. The van der Waals surface area contributed by atoms with Crippen molar-refractivity contribution in [1.82, 2.24) is 15.1 Å². The molecule has 170 valence electrons. The van der Waals surface area contributed by atoms with E-state index < -0.39 is 24.4 Å². The fourth-order valence-electron chi connectivity index (χ4n) is 4.05. The first kappa shape index (κ1) is 21.7. The van der Waals surface area contributed by atoms with E-state index in [1.54, 1.807) is 24.9 Å². The minimum absolute atomic E-state index is 0.175. The molecule has 2 aliphatic rings. The van der Waals surface area contributed by atoms with Gasteiger partial charge in [-0.2, -0.15) is 9.78 Å². The third-order valence-corrected chi connectivity index (χ3v) is 5.46. The minimum Gasteiger partial charge on any atom is -0.450 e. The van der Waals surface area contributed by atoms with Crippen molar-refractivity contribution < 1.29 is 28.6 Å². The first-order valence-corrected chi connectivity index (χ1v) is 10.8. The first-order valence-electron chi connectivity index (χ1n) is 10.8. The highest BCUT2D eigenvalue weighted by Gasteiger charge is 2.33. The lowest BCUT2D eigenvalue weighted by Gasteiger charge is -2.17. The summed E-state index contributed by atoms with van der Waals surface area (Å²) in [5, 5.41) is 6.83. The van der Waals surface area contributed by atoms with Gasteiger partial charge in [-0.3, -0.25) is 4.90 Å². The van der Waals surface area contributed by atoms with Gasteiger partial charge < -0.3 is 19.5 Å². The maximum atomic E-state index is 12.4. The molecule has 2 amide bonds. The van der Waals surface area contributed by atoms with Gasteiger partial charge in [-0.15, -0.1) is 0 Å². The van der Waals surface area contributed by atoms with Crippen LogP contribution in [0.15, 0.2) is 24.4 Å². The van der Waals surface area contributed by atoms with E-state index in [1.807, 2.05) is 18.2 Å². The quantitative estimate of drug-likeness (QED) is 0.708. The van der Waals surface area contributed by atoms with Crippen LogP contribution in [0.4, 0.5) is 20.1 Å². The number of amides is 2. The fourth-order valence-corrected chi connectivity index (χ4v) is 4.05. The van der Waals surface area contributed by atoms with Gasteiger partial charge in [0.2, 0.25) is 0 Å². The van der Waals surface area contributed by atoms with Gasteiger partial charge in [-0.05, 0) is 56.4 Å². The molecule has 1 atom stereocenters. The number of anilines is 1. The Balaban J connectivity index is 1.55. The number of hydrogen-bond acceptors (Lipinski definition) is 7. The van der Waals surface area contributed by atoms with Gasteiger partial charge in [-0.25, -0.2) is 14.4 Å². The number of aromatic nitrogens is 2. The smallest absolute Gasteiger partial charge is 0.435 e. The summed E-state index contributed by atoms with van der Waals surface area (Å²) in [5.74, 6) is 0. The van der Waals surface area contributed by atoms with E-state index in [9.17, 15) is 14.4 Å². The molecule has 2 aromatic rings. The second kappa shape index (κ2) is 9.29. The van der Waals surface area contributed by atoms with Crippen molar-refractivity contribution in [2.45, 2.75) is 39.2 Å². The lowest BCUT2D eigenvalue weighted by atomic mass is 10.0. The van der Waals surface area contributed by atoms with Crippen LogP contribution in [0.2, 0.25) is 0 Å². The van der Waals surface area contributed by atoms with Gasteiger partial charge in [0, 0.05) is 11.3 Å². The maximum Gasteiger partial charge on any atom is 0.435 e. The van der Waals surface area contributed by atoms with Crippen LogP contribution >= 0.6 is 0 Å². The lowest BCUT2D eigenvalue weighted by Crippen LogP contribution is -2.35. The van der Waals surface area contributed by atoms with Crippen molar-refractivity contribution in [2.24, 2.45) is 0 Å². The molecule has 1 unspecified atom stereocenters. The van der Waals surface area contributed by atoms with Gasteiger partial charge >= 0.3 is 18.3 Å². The number of benzene rings is 1. The van der Waals surface area contributed by atoms with Crippen molar-refractivity contribution in [1.29, 1.82) is 0 Å². The standard InChI is InChI=1S/C22H26N4O6/c1-3-30-20(27)23-12-17-13-25(21(28)32-17)16-8-9-18-14(10-16)6-5-7-15-11-24-26(19(15)18)22(29)31-4-2/h8-11,17H,3-7,12-13H2,1-2H3,(H,23,27). The molecule has 32 heavy (non-hydrogen) atoms. The average Bonchev–Trinajstić information content (AvgIpc) is 3.31. The van der Waals surface area contributed by atoms with Crippen molar-refractivity contribution in [3.63, 3.8) is 0 Å². The Labute approximate surface area is 185 Å². The summed E-state index contributed by atoms with van der Waals surface area (Å²) >= 11 is 0. The molecular weight excluding hydrogens is 416 g/mol. The van der Waals surface area contributed by atoms with Crippen LogP contribution in [0.25, 0.3) is 11.3 Å². The molecule has 1 aliphatic carbocycles. The number of carbonyl (C=O) groups is 3. The van der Waals surface area contributed by atoms with Crippen LogP contribution in [0.1, 0.15) is 31.4 Å². The molecule has 10 nitrogen and oxygen atoms in total. The van der Waals surface area contributed by atoms with E-state index in [4.69, 9.17) is 14.2 Å². The predicted molar refractivity (Wildman–Crippen MR) is 115 cm³/mol. The SMILES string of the molecule is CCOC(=O)NCC1CN(c2ccc3c(c2)CCCc2cnn(C(=O)OCC)c2-3)C(=O)O1. The number of cyclic esters (lactones) is 1. The van der Waals surface area contributed by atoms with E-state index in [0.717, 1.165) is 41.6 Å². The Hall–Kier alpha value is -3.56. The van der Waals surface area contributed by atoms with Crippen LogP contribution in [0, 0.1) is 0 Å². The molecule has 0 bridgehead atoms. The number of aryl methyl sites for hydroxylation is 2. The highest BCUT2D eigenvalue weighted by atomic mass is 16.6. The van der Waals surface area contributed by atoms with Gasteiger partial charge in [0.1, 0.15) is 6.10 Å². The highest BCUT2D eigenvalue weighted by Crippen LogP contribution is 2.35. The summed E-state index contributed by atoms with van der Waals surface area (Å²) in [5.41, 5.74) is 4.37. The molecular formula is C22H26N4O6. The van der Waals surface area contributed by atoms with E-state index >= 15 is 0 Å². The normalized spacial score (nSPS) is 17.1. The fraction of sp³-hybridized carbons (Fsp3) is 0.455. The lowest BCUT2D eigenvalue weighted by molar-refractivity contribution is 0.127. The third kappa shape index (κ3) is 4.25. The molecule has 2 heterocycles. The topological polar surface area (TPSA) is 112 Å². The monoisotopic (exact) mass is 442 g/mol. The van der Waals surface area contributed by atoms with Gasteiger partial charge in [0.05, 0.1) is 38.2 Å². The van der Waals surface area contributed by atoms with Gasteiger partial charge in [-0.1, -0.05) is 6.07 Å². The molecule has 1 fully saturated rings. The number of fused-ring (bicyclic) bond motifs is 3. The van der Waals surface area contributed by atoms with Crippen LogP contribution in [0.3, 0.4) is 0 Å². The van der Waals surface area contributed by atoms with Crippen molar-refractivity contribution in [3.8, 4) is 11.3 Å². The molecule has 0 radical (unpaired) electrons. The first-order chi connectivity index (χ1) is 15.5. The number of ether oxygens (including phenoxy) is 3. The summed E-state index contributed by atoms with van der Waals surface area (Å²) in [6.45, 7) is 4.50.